The first kappa shape index (κ1) is 18.2. The molecule has 2 aromatic rings. The van der Waals surface area contributed by atoms with Crippen LogP contribution in [0.4, 0.5) is 0 Å². The summed E-state index contributed by atoms with van der Waals surface area (Å²) in [6, 6.07) is 3.91. The molecule has 0 amide bonds. The standard InChI is InChI=1S/C18H24Cl2N2O/c1-2-7-15-12-16(19)18(17(20)13-15)23-11-6-4-3-5-9-22-10-8-21-14-22/h8,10,12-14H,2-7,9,11H2,1H3. The van der Waals surface area contributed by atoms with Gasteiger partial charge in [0.2, 0.25) is 0 Å². The monoisotopic (exact) mass is 354 g/mol. The predicted octanol–water partition coefficient (Wildman–Crippen LogP) is 5.78. The molecule has 23 heavy (non-hydrogen) atoms. The number of rotatable bonds is 10. The molecule has 0 N–H and O–H groups in total. The third kappa shape index (κ3) is 6.08. The molecule has 0 aliphatic carbocycles. The Hall–Kier alpha value is -1.19. The Balaban J connectivity index is 1.66. The zero-order valence-electron chi connectivity index (χ0n) is 13.6. The summed E-state index contributed by atoms with van der Waals surface area (Å²) in [5, 5.41) is 1.22. The van der Waals surface area contributed by atoms with Crippen LogP contribution < -0.4 is 4.74 Å². The molecule has 2 rings (SSSR count). The molecule has 0 spiro atoms. The number of hydrogen-bond acceptors (Lipinski definition) is 2. The summed E-state index contributed by atoms with van der Waals surface area (Å²) < 4.78 is 7.88. The van der Waals surface area contributed by atoms with Crippen LogP contribution in [0.25, 0.3) is 0 Å². The number of imidazole rings is 1. The number of unbranched alkanes of at least 4 members (excludes halogenated alkanes) is 3. The quantitative estimate of drug-likeness (QED) is 0.505. The van der Waals surface area contributed by atoms with Crippen molar-refractivity contribution in [3.05, 3.63) is 46.5 Å². The molecule has 0 saturated carbocycles. The van der Waals surface area contributed by atoms with Crippen LogP contribution in [0.2, 0.25) is 10.0 Å². The molecule has 5 heteroatoms. The highest BCUT2D eigenvalue weighted by molar-refractivity contribution is 6.37. The number of aryl methyl sites for hydroxylation is 2. The number of nitrogens with zero attached hydrogens (tertiary/aromatic N) is 2. The molecule has 0 radical (unpaired) electrons. The summed E-state index contributed by atoms with van der Waals surface area (Å²) in [7, 11) is 0. The minimum atomic E-state index is 0.612. The number of aromatic nitrogens is 2. The molecule has 3 nitrogen and oxygen atoms in total. The van der Waals surface area contributed by atoms with Crippen molar-refractivity contribution < 1.29 is 4.74 Å². The molecular weight excluding hydrogens is 331 g/mol. The Morgan fingerprint density at radius 2 is 1.83 bits per heavy atom. The van der Waals surface area contributed by atoms with Crippen molar-refractivity contribution in [1.29, 1.82) is 0 Å². The number of hydrogen-bond donors (Lipinski definition) is 0. The van der Waals surface area contributed by atoms with E-state index in [0.717, 1.165) is 44.2 Å². The van der Waals surface area contributed by atoms with E-state index in [1.807, 2.05) is 30.9 Å². The lowest BCUT2D eigenvalue weighted by molar-refractivity contribution is 0.304. The Morgan fingerprint density at radius 3 is 2.48 bits per heavy atom. The Morgan fingerprint density at radius 1 is 1.09 bits per heavy atom. The highest BCUT2D eigenvalue weighted by atomic mass is 35.5. The first-order valence-electron chi connectivity index (χ1n) is 8.27. The van der Waals surface area contributed by atoms with Crippen molar-refractivity contribution >= 4 is 23.2 Å². The Bertz CT molecular complexity index is 562. The second-order valence-electron chi connectivity index (χ2n) is 5.70. The fourth-order valence-electron chi connectivity index (χ4n) is 2.53. The number of benzene rings is 1. The Kier molecular flexibility index (Phi) is 7.77. The smallest absolute Gasteiger partial charge is 0.156 e. The molecular formula is C18H24Cl2N2O. The molecule has 1 aromatic carbocycles. The van der Waals surface area contributed by atoms with Crippen molar-refractivity contribution in [1.82, 2.24) is 9.55 Å². The summed E-state index contributed by atoms with van der Waals surface area (Å²) in [5.41, 5.74) is 1.16. The third-order valence-corrected chi connectivity index (χ3v) is 4.27. The zero-order valence-corrected chi connectivity index (χ0v) is 15.1. The van der Waals surface area contributed by atoms with Gasteiger partial charge in [0.1, 0.15) is 0 Å². The summed E-state index contributed by atoms with van der Waals surface area (Å²) in [6.45, 7) is 3.81. The lowest BCUT2D eigenvalue weighted by atomic mass is 10.1. The van der Waals surface area contributed by atoms with Gasteiger partial charge in [-0.3, -0.25) is 0 Å². The average molecular weight is 355 g/mol. The van der Waals surface area contributed by atoms with Crippen LogP contribution in [0, 0.1) is 0 Å². The maximum absolute atomic E-state index is 6.27. The van der Waals surface area contributed by atoms with E-state index in [9.17, 15) is 0 Å². The first-order chi connectivity index (χ1) is 11.2. The predicted molar refractivity (Wildman–Crippen MR) is 96.6 cm³/mol. The van der Waals surface area contributed by atoms with E-state index in [-0.39, 0.29) is 0 Å². The molecule has 0 aliphatic rings. The van der Waals surface area contributed by atoms with Crippen molar-refractivity contribution in [2.75, 3.05) is 6.61 Å². The SMILES string of the molecule is CCCc1cc(Cl)c(OCCCCCCn2ccnc2)c(Cl)c1. The van der Waals surface area contributed by atoms with Crippen LogP contribution in [-0.2, 0) is 13.0 Å². The molecule has 1 heterocycles. The minimum Gasteiger partial charge on any atom is -0.490 e. The number of ether oxygens (including phenoxy) is 1. The summed E-state index contributed by atoms with van der Waals surface area (Å²) in [6.07, 6.45) is 12.2. The van der Waals surface area contributed by atoms with E-state index < -0.39 is 0 Å². The van der Waals surface area contributed by atoms with Crippen LogP contribution in [0.5, 0.6) is 5.75 Å². The summed E-state index contributed by atoms with van der Waals surface area (Å²) in [5.74, 6) is 0.617. The van der Waals surface area contributed by atoms with Gasteiger partial charge >= 0.3 is 0 Å². The van der Waals surface area contributed by atoms with E-state index in [1.165, 1.54) is 6.42 Å². The molecule has 0 aliphatic heterocycles. The van der Waals surface area contributed by atoms with E-state index in [4.69, 9.17) is 27.9 Å². The highest BCUT2D eigenvalue weighted by Crippen LogP contribution is 2.34. The van der Waals surface area contributed by atoms with Gasteiger partial charge in [0, 0.05) is 18.9 Å². The van der Waals surface area contributed by atoms with Gasteiger partial charge < -0.3 is 9.30 Å². The third-order valence-electron chi connectivity index (χ3n) is 3.71. The van der Waals surface area contributed by atoms with Gasteiger partial charge in [-0.2, -0.15) is 0 Å². The van der Waals surface area contributed by atoms with Gasteiger partial charge in [0.15, 0.2) is 5.75 Å². The molecule has 0 bridgehead atoms. The van der Waals surface area contributed by atoms with Gasteiger partial charge in [-0.05, 0) is 37.0 Å². The second kappa shape index (κ2) is 9.84. The van der Waals surface area contributed by atoms with Crippen LogP contribution in [0.3, 0.4) is 0 Å². The van der Waals surface area contributed by atoms with Crippen molar-refractivity contribution in [2.45, 2.75) is 52.0 Å². The van der Waals surface area contributed by atoms with Crippen LogP contribution in [0.1, 0.15) is 44.6 Å². The molecule has 0 unspecified atom stereocenters. The highest BCUT2D eigenvalue weighted by Gasteiger charge is 2.09. The average Bonchev–Trinajstić information content (AvgIpc) is 3.02. The molecule has 126 valence electrons. The largest absolute Gasteiger partial charge is 0.490 e. The van der Waals surface area contributed by atoms with E-state index in [0.29, 0.717) is 22.4 Å². The van der Waals surface area contributed by atoms with Gasteiger partial charge in [-0.15, -0.1) is 0 Å². The lowest BCUT2D eigenvalue weighted by Crippen LogP contribution is -2.00. The maximum atomic E-state index is 6.27. The lowest BCUT2D eigenvalue weighted by Gasteiger charge is -2.11. The van der Waals surface area contributed by atoms with E-state index in [1.54, 1.807) is 0 Å². The Labute approximate surface area is 148 Å². The fourth-order valence-corrected chi connectivity index (χ4v) is 3.17. The van der Waals surface area contributed by atoms with Crippen molar-refractivity contribution in [3.63, 3.8) is 0 Å². The van der Waals surface area contributed by atoms with Crippen LogP contribution >= 0.6 is 23.2 Å². The maximum Gasteiger partial charge on any atom is 0.156 e. The van der Waals surface area contributed by atoms with Gasteiger partial charge in [0.05, 0.1) is 23.0 Å². The summed E-state index contributed by atoms with van der Waals surface area (Å²) >= 11 is 12.5. The van der Waals surface area contributed by atoms with Crippen LogP contribution in [-0.4, -0.2) is 16.2 Å². The van der Waals surface area contributed by atoms with E-state index in [2.05, 4.69) is 16.5 Å². The van der Waals surface area contributed by atoms with E-state index >= 15 is 0 Å². The van der Waals surface area contributed by atoms with Crippen LogP contribution in [0.15, 0.2) is 30.9 Å². The summed E-state index contributed by atoms with van der Waals surface area (Å²) in [4.78, 5) is 4.04. The van der Waals surface area contributed by atoms with Crippen molar-refractivity contribution in [2.24, 2.45) is 0 Å². The zero-order chi connectivity index (χ0) is 16.5. The molecule has 1 aromatic heterocycles. The molecule has 0 atom stereocenters. The van der Waals surface area contributed by atoms with Crippen molar-refractivity contribution in [3.8, 4) is 5.75 Å². The van der Waals surface area contributed by atoms with Gasteiger partial charge in [-0.25, -0.2) is 4.98 Å². The first-order valence-corrected chi connectivity index (χ1v) is 9.02. The molecule has 0 saturated heterocycles. The van der Waals surface area contributed by atoms with Gasteiger partial charge in [-0.1, -0.05) is 49.4 Å². The van der Waals surface area contributed by atoms with Gasteiger partial charge in [0.25, 0.3) is 0 Å². The topological polar surface area (TPSA) is 27.1 Å². The fraction of sp³-hybridized carbons (Fsp3) is 0.500. The molecule has 0 fully saturated rings. The number of halogens is 2. The minimum absolute atomic E-state index is 0.612. The second-order valence-corrected chi connectivity index (χ2v) is 6.52. The normalized spacial score (nSPS) is 10.9.